The summed E-state index contributed by atoms with van der Waals surface area (Å²) in [5.41, 5.74) is 10.5. The minimum absolute atomic E-state index is 0.166. The summed E-state index contributed by atoms with van der Waals surface area (Å²) in [6.07, 6.45) is 0.505. The lowest BCUT2D eigenvalue weighted by Gasteiger charge is -2.22. The molecule has 2 atom stereocenters. The first-order valence-electron chi connectivity index (χ1n) is 7.92. The fraction of sp³-hybridized carbons (Fsp3) is 0.643. The van der Waals surface area contributed by atoms with E-state index in [4.69, 9.17) is 21.7 Å². The second-order valence-electron chi connectivity index (χ2n) is 5.38. The molecule has 148 valence electrons. The van der Waals surface area contributed by atoms with Gasteiger partial charge in [0.15, 0.2) is 0 Å². The molecule has 12 heteroatoms. The monoisotopic (exact) mass is 375 g/mol. The summed E-state index contributed by atoms with van der Waals surface area (Å²) in [5.74, 6) is -4.96. The van der Waals surface area contributed by atoms with E-state index in [0.29, 0.717) is 19.4 Å². The maximum Gasteiger partial charge on any atom is 0.322 e. The highest BCUT2D eigenvalue weighted by atomic mass is 16.4. The van der Waals surface area contributed by atoms with Gasteiger partial charge in [0.25, 0.3) is 0 Å². The van der Waals surface area contributed by atoms with Crippen molar-refractivity contribution in [2.45, 2.75) is 37.8 Å². The number of amides is 3. The molecular weight excluding hydrogens is 350 g/mol. The van der Waals surface area contributed by atoms with Crippen LogP contribution in [0.3, 0.4) is 0 Å². The van der Waals surface area contributed by atoms with Crippen molar-refractivity contribution in [2.24, 2.45) is 11.5 Å². The van der Waals surface area contributed by atoms with Gasteiger partial charge in [-0.3, -0.25) is 24.0 Å². The highest BCUT2D eigenvalue weighted by Crippen LogP contribution is 2.03. The van der Waals surface area contributed by atoms with Gasteiger partial charge in [-0.1, -0.05) is 0 Å². The second-order valence-corrected chi connectivity index (χ2v) is 5.38. The number of nitrogens with one attached hydrogen (secondary N) is 3. The molecule has 0 radical (unpaired) electrons. The molecule has 0 aliphatic rings. The van der Waals surface area contributed by atoms with Crippen molar-refractivity contribution in [1.29, 1.82) is 0 Å². The van der Waals surface area contributed by atoms with E-state index in [0.717, 1.165) is 0 Å². The number of carboxylic acids is 2. The third-order valence-electron chi connectivity index (χ3n) is 3.21. The van der Waals surface area contributed by atoms with Crippen molar-refractivity contribution in [2.75, 3.05) is 19.6 Å². The first-order chi connectivity index (χ1) is 12.2. The van der Waals surface area contributed by atoms with Crippen molar-refractivity contribution in [1.82, 2.24) is 16.0 Å². The molecule has 0 fully saturated rings. The van der Waals surface area contributed by atoms with Crippen LogP contribution in [0.4, 0.5) is 0 Å². The molecule has 0 saturated carbocycles. The number of carbonyl (C=O) groups is 5. The van der Waals surface area contributed by atoms with E-state index >= 15 is 0 Å². The minimum atomic E-state index is -1.42. The van der Waals surface area contributed by atoms with Gasteiger partial charge in [-0.15, -0.1) is 0 Å². The topological polar surface area (TPSA) is 214 Å². The molecule has 0 aromatic heterocycles. The second kappa shape index (κ2) is 12.6. The summed E-state index contributed by atoms with van der Waals surface area (Å²) in [4.78, 5) is 57.1. The fourth-order valence-corrected chi connectivity index (χ4v) is 1.96. The Morgan fingerprint density at radius 1 is 0.846 bits per heavy atom. The van der Waals surface area contributed by atoms with Gasteiger partial charge in [0.1, 0.15) is 18.6 Å². The molecule has 12 nitrogen and oxygen atoms in total. The molecule has 0 saturated heterocycles. The van der Waals surface area contributed by atoms with Crippen LogP contribution in [0.1, 0.15) is 25.7 Å². The molecule has 0 aromatic carbocycles. The first kappa shape index (κ1) is 23.3. The van der Waals surface area contributed by atoms with Crippen molar-refractivity contribution in [3.8, 4) is 0 Å². The fourth-order valence-electron chi connectivity index (χ4n) is 1.96. The van der Waals surface area contributed by atoms with Gasteiger partial charge in [0.05, 0.1) is 13.0 Å². The number of hydrogen-bond acceptors (Lipinski definition) is 7. The van der Waals surface area contributed by atoms with Gasteiger partial charge >= 0.3 is 11.9 Å². The Morgan fingerprint density at radius 2 is 1.50 bits per heavy atom. The SMILES string of the molecule is NCCCCC(NC(=O)C(CC(=O)O)NC(=O)CN)C(=O)NCC(=O)O. The molecular formula is C14H25N5O7. The van der Waals surface area contributed by atoms with Crippen LogP contribution in [0.25, 0.3) is 0 Å². The van der Waals surface area contributed by atoms with Crippen LogP contribution in [0, 0.1) is 0 Å². The number of nitrogens with two attached hydrogens (primary N) is 2. The summed E-state index contributed by atoms with van der Waals surface area (Å²) in [7, 11) is 0. The van der Waals surface area contributed by atoms with Crippen molar-refractivity contribution >= 4 is 29.7 Å². The zero-order chi connectivity index (χ0) is 20.1. The van der Waals surface area contributed by atoms with Crippen molar-refractivity contribution in [3.63, 3.8) is 0 Å². The van der Waals surface area contributed by atoms with E-state index in [1.165, 1.54) is 0 Å². The Bertz CT molecular complexity index is 526. The van der Waals surface area contributed by atoms with E-state index in [1.54, 1.807) is 0 Å². The number of aliphatic carboxylic acids is 2. The predicted molar refractivity (Wildman–Crippen MR) is 88.7 cm³/mol. The van der Waals surface area contributed by atoms with E-state index in [-0.39, 0.29) is 6.42 Å². The molecule has 9 N–H and O–H groups in total. The summed E-state index contributed by atoms with van der Waals surface area (Å²) >= 11 is 0. The Kier molecular flexibility index (Phi) is 11.3. The quantitative estimate of drug-likeness (QED) is 0.160. The molecule has 0 bridgehead atoms. The summed E-state index contributed by atoms with van der Waals surface area (Å²) in [6, 6.07) is -2.52. The lowest BCUT2D eigenvalue weighted by Crippen LogP contribution is -2.55. The first-order valence-corrected chi connectivity index (χ1v) is 7.92. The zero-order valence-electron chi connectivity index (χ0n) is 14.2. The van der Waals surface area contributed by atoms with Crippen LogP contribution in [-0.2, 0) is 24.0 Å². The predicted octanol–water partition coefficient (Wildman–Crippen LogP) is -3.28. The van der Waals surface area contributed by atoms with E-state index < -0.39 is 61.3 Å². The van der Waals surface area contributed by atoms with Crippen LogP contribution >= 0.6 is 0 Å². The van der Waals surface area contributed by atoms with E-state index in [9.17, 15) is 24.0 Å². The number of carbonyl (C=O) groups excluding carboxylic acids is 3. The molecule has 0 rings (SSSR count). The van der Waals surface area contributed by atoms with E-state index in [1.807, 2.05) is 0 Å². The summed E-state index contributed by atoms with van der Waals surface area (Å²) in [6.45, 7) is -0.710. The average molecular weight is 375 g/mol. The Labute approximate surface area is 149 Å². The number of carboxylic acid groups (broad SMARTS) is 2. The number of unbranched alkanes of at least 4 members (excludes halogenated alkanes) is 1. The molecule has 0 spiro atoms. The third kappa shape index (κ3) is 10.2. The van der Waals surface area contributed by atoms with E-state index in [2.05, 4.69) is 16.0 Å². The van der Waals surface area contributed by atoms with Gasteiger partial charge in [0, 0.05) is 0 Å². The summed E-state index contributed by atoms with van der Waals surface area (Å²) < 4.78 is 0. The largest absolute Gasteiger partial charge is 0.481 e. The van der Waals surface area contributed by atoms with Gasteiger partial charge in [0.2, 0.25) is 17.7 Å². The molecule has 0 heterocycles. The Morgan fingerprint density at radius 3 is 2.00 bits per heavy atom. The highest BCUT2D eigenvalue weighted by Gasteiger charge is 2.28. The van der Waals surface area contributed by atoms with Crippen LogP contribution in [0.5, 0.6) is 0 Å². The third-order valence-corrected chi connectivity index (χ3v) is 3.21. The van der Waals surface area contributed by atoms with Gasteiger partial charge in [-0.05, 0) is 25.8 Å². The Balaban J connectivity index is 5.05. The Hall–Kier alpha value is -2.73. The van der Waals surface area contributed by atoms with Crippen LogP contribution in [-0.4, -0.2) is 71.6 Å². The molecule has 3 amide bonds. The molecule has 26 heavy (non-hydrogen) atoms. The van der Waals surface area contributed by atoms with Crippen LogP contribution in [0.2, 0.25) is 0 Å². The normalized spacial score (nSPS) is 12.5. The van der Waals surface area contributed by atoms with Crippen LogP contribution in [0.15, 0.2) is 0 Å². The molecule has 0 aliphatic carbocycles. The zero-order valence-corrected chi connectivity index (χ0v) is 14.2. The highest BCUT2D eigenvalue weighted by molar-refractivity contribution is 5.94. The average Bonchev–Trinajstić information content (AvgIpc) is 2.57. The van der Waals surface area contributed by atoms with Crippen LogP contribution < -0.4 is 27.4 Å². The summed E-state index contributed by atoms with van der Waals surface area (Å²) in [5, 5.41) is 24.1. The number of rotatable bonds is 13. The molecule has 0 aliphatic heterocycles. The number of hydrogen-bond donors (Lipinski definition) is 7. The maximum atomic E-state index is 12.3. The van der Waals surface area contributed by atoms with Crippen molar-refractivity contribution in [3.05, 3.63) is 0 Å². The van der Waals surface area contributed by atoms with Crippen molar-refractivity contribution < 1.29 is 34.2 Å². The maximum absolute atomic E-state index is 12.3. The smallest absolute Gasteiger partial charge is 0.322 e. The minimum Gasteiger partial charge on any atom is -0.481 e. The van der Waals surface area contributed by atoms with Gasteiger partial charge in [-0.25, -0.2) is 0 Å². The standard InChI is InChI=1S/C14H25N5O7/c15-4-2-1-3-8(13(25)17-7-12(23)24)19-14(26)9(5-11(21)22)18-10(20)6-16/h8-9H,1-7,15-16H2,(H,17,25)(H,18,20)(H,19,26)(H,21,22)(H,23,24). The van der Waals surface area contributed by atoms with Gasteiger partial charge in [-0.2, -0.15) is 0 Å². The van der Waals surface area contributed by atoms with Gasteiger partial charge < -0.3 is 37.6 Å². The lowest BCUT2D eigenvalue weighted by atomic mass is 10.1. The molecule has 0 aromatic rings. The lowest BCUT2D eigenvalue weighted by molar-refractivity contribution is -0.141. The molecule has 2 unspecified atom stereocenters.